The zero-order valence-corrected chi connectivity index (χ0v) is 17.6. The van der Waals surface area contributed by atoms with Crippen molar-refractivity contribution in [3.05, 3.63) is 62.3 Å². The van der Waals surface area contributed by atoms with E-state index < -0.39 is 0 Å². The third kappa shape index (κ3) is 3.85. The molecule has 0 bridgehead atoms. The molecule has 5 heteroatoms. The number of nitrogens with one attached hydrogen (secondary N) is 1. The molecule has 0 radical (unpaired) electrons. The van der Waals surface area contributed by atoms with E-state index >= 15 is 0 Å². The van der Waals surface area contributed by atoms with E-state index in [-0.39, 0.29) is 11.3 Å². The smallest absolute Gasteiger partial charge is 0.230 e. The average molecular weight is 397 g/mol. The standard InChI is InChI=1S/C22H24N2OS2/c1-14-10-15(2)12-17(11-14)22(7-8-22)21(25)23-9-6-18-4-5-20(27-18)19-13-26-16(3)24-19/h4-5,10-13H,6-9H2,1-3H3,(H,23,25). The van der Waals surface area contributed by atoms with Crippen LogP contribution in [0.5, 0.6) is 0 Å². The summed E-state index contributed by atoms with van der Waals surface area (Å²) in [5.74, 6) is 0.180. The third-order valence-electron chi connectivity index (χ3n) is 5.15. The highest BCUT2D eigenvalue weighted by Crippen LogP contribution is 2.48. The number of aromatic nitrogens is 1. The van der Waals surface area contributed by atoms with Gasteiger partial charge in [0.1, 0.15) is 0 Å². The zero-order valence-electron chi connectivity index (χ0n) is 16.0. The first-order valence-corrected chi connectivity index (χ1v) is 11.0. The van der Waals surface area contributed by atoms with Gasteiger partial charge in [-0.15, -0.1) is 22.7 Å². The van der Waals surface area contributed by atoms with Gasteiger partial charge in [-0.1, -0.05) is 29.3 Å². The molecule has 0 spiro atoms. The molecule has 1 aliphatic rings. The predicted molar refractivity (Wildman–Crippen MR) is 114 cm³/mol. The number of amides is 1. The highest BCUT2D eigenvalue weighted by Gasteiger charge is 2.51. The summed E-state index contributed by atoms with van der Waals surface area (Å²) in [6.45, 7) is 6.91. The number of aryl methyl sites for hydroxylation is 3. The lowest BCUT2D eigenvalue weighted by Crippen LogP contribution is -2.36. The molecule has 1 N–H and O–H groups in total. The number of carbonyl (C=O) groups excluding carboxylic acids is 1. The lowest BCUT2D eigenvalue weighted by Gasteiger charge is -2.17. The second-order valence-corrected chi connectivity index (χ2v) is 9.71. The first-order valence-electron chi connectivity index (χ1n) is 9.35. The van der Waals surface area contributed by atoms with Gasteiger partial charge in [0.2, 0.25) is 5.91 Å². The van der Waals surface area contributed by atoms with Crippen LogP contribution in [0.25, 0.3) is 10.6 Å². The minimum atomic E-state index is -0.296. The van der Waals surface area contributed by atoms with Crippen LogP contribution in [0.4, 0.5) is 0 Å². The predicted octanol–water partition coefficient (Wildman–Crippen LogP) is 5.19. The van der Waals surface area contributed by atoms with Crippen LogP contribution in [0.2, 0.25) is 0 Å². The molecule has 140 valence electrons. The molecule has 27 heavy (non-hydrogen) atoms. The number of rotatable bonds is 6. The Labute approximate surface area is 168 Å². The first-order chi connectivity index (χ1) is 13.0. The summed E-state index contributed by atoms with van der Waals surface area (Å²) in [5, 5.41) is 6.37. The van der Waals surface area contributed by atoms with Crippen LogP contribution in [0, 0.1) is 20.8 Å². The van der Waals surface area contributed by atoms with Crippen LogP contribution in [0.15, 0.2) is 35.7 Å². The average Bonchev–Trinajstić information content (AvgIpc) is 3.11. The fraction of sp³-hybridized carbons (Fsp3) is 0.364. The lowest BCUT2D eigenvalue weighted by atomic mass is 9.92. The summed E-state index contributed by atoms with van der Waals surface area (Å²) >= 11 is 3.45. The Kier molecular flexibility index (Phi) is 4.91. The van der Waals surface area contributed by atoms with Gasteiger partial charge in [0, 0.05) is 16.8 Å². The van der Waals surface area contributed by atoms with Gasteiger partial charge in [0.15, 0.2) is 0 Å². The van der Waals surface area contributed by atoms with Crippen LogP contribution in [-0.2, 0) is 16.6 Å². The summed E-state index contributed by atoms with van der Waals surface area (Å²) in [5.41, 5.74) is 4.40. The molecule has 1 aromatic carbocycles. The Balaban J connectivity index is 1.37. The summed E-state index contributed by atoms with van der Waals surface area (Å²) < 4.78 is 0. The number of thiazole rings is 1. The number of benzene rings is 1. The molecule has 1 fully saturated rings. The van der Waals surface area contributed by atoms with E-state index in [4.69, 9.17) is 0 Å². The van der Waals surface area contributed by atoms with Gasteiger partial charge < -0.3 is 5.32 Å². The molecular formula is C22H24N2OS2. The third-order valence-corrected chi connectivity index (χ3v) is 7.09. The molecule has 1 aliphatic carbocycles. The Morgan fingerprint density at radius 1 is 1.15 bits per heavy atom. The maximum absolute atomic E-state index is 12.9. The molecule has 3 aromatic rings. The Hall–Kier alpha value is -1.98. The van der Waals surface area contributed by atoms with Crippen molar-refractivity contribution in [1.29, 1.82) is 0 Å². The van der Waals surface area contributed by atoms with Crippen molar-refractivity contribution in [3.8, 4) is 10.6 Å². The van der Waals surface area contributed by atoms with Gasteiger partial charge in [-0.05, 0) is 57.7 Å². The topological polar surface area (TPSA) is 42.0 Å². The summed E-state index contributed by atoms with van der Waals surface area (Å²) in [6, 6.07) is 10.8. The monoisotopic (exact) mass is 396 g/mol. The Morgan fingerprint density at radius 3 is 2.52 bits per heavy atom. The lowest BCUT2D eigenvalue weighted by molar-refractivity contribution is -0.123. The number of hydrogen-bond acceptors (Lipinski definition) is 4. The number of thiophene rings is 1. The van der Waals surface area contributed by atoms with E-state index in [9.17, 15) is 4.79 Å². The molecule has 1 amide bonds. The molecule has 3 nitrogen and oxygen atoms in total. The molecule has 0 aliphatic heterocycles. The minimum Gasteiger partial charge on any atom is -0.355 e. The minimum absolute atomic E-state index is 0.180. The van der Waals surface area contributed by atoms with E-state index in [2.05, 4.69) is 59.9 Å². The molecule has 0 atom stereocenters. The van der Waals surface area contributed by atoms with Crippen molar-refractivity contribution < 1.29 is 4.79 Å². The van der Waals surface area contributed by atoms with Crippen LogP contribution < -0.4 is 5.32 Å². The van der Waals surface area contributed by atoms with Crippen molar-refractivity contribution in [2.45, 2.75) is 45.4 Å². The molecule has 2 aromatic heterocycles. The number of nitrogens with zero attached hydrogens (tertiary/aromatic N) is 1. The van der Waals surface area contributed by atoms with Crippen molar-refractivity contribution in [3.63, 3.8) is 0 Å². The van der Waals surface area contributed by atoms with Gasteiger partial charge in [0.25, 0.3) is 0 Å². The summed E-state index contributed by atoms with van der Waals surface area (Å²) in [6.07, 6.45) is 2.77. The fourth-order valence-corrected chi connectivity index (χ4v) is 5.27. The molecular weight excluding hydrogens is 372 g/mol. The van der Waals surface area contributed by atoms with Crippen molar-refractivity contribution in [1.82, 2.24) is 10.3 Å². The normalized spacial score (nSPS) is 14.9. The second-order valence-electron chi connectivity index (χ2n) is 7.48. The fourth-order valence-electron chi connectivity index (χ4n) is 3.62. The second kappa shape index (κ2) is 7.21. The van der Waals surface area contributed by atoms with E-state index in [1.807, 2.05) is 6.92 Å². The van der Waals surface area contributed by atoms with E-state index in [1.165, 1.54) is 26.4 Å². The number of hydrogen-bond donors (Lipinski definition) is 1. The van der Waals surface area contributed by atoms with Gasteiger partial charge >= 0.3 is 0 Å². The highest BCUT2D eigenvalue weighted by molar-refractivity contribution is 7.16. The molecule has 4 rings (SSSR count). The molecule has 0 saturated heterocycles. The van der Waals surface area contributed by atoms with Gasteiger partial charge in [-0.3, -0.25) is 4.79 Å². The van der Waals surface area contributed by atoms with E-state index in [1.54, 1.807) is 22.7 Å². The summed E-state index contributed by atoms with van der Waals surface area (Å²) in [4.78, 5) is 19.9. The first kappa shape index (κ1) is 18.4. The van der Waals surface area contributed by atoms with E-state index in [0.717, 1.165) is 30.0 Å². The van der Waals surface area contributed by atoms with Crippen molar-refractivity contribution in [2.75, 3.05) is 6.54 Å². The van der Waals surface area contributed by atoms with Gasteiger partial charge in [-0.25, -0.2) is 4.98 Å². The number of carbonyl (C=O) groups is 1. The van der Waals surface area contributed by atoms with Crippen LogP contribution in [-0.4, -0.2) is 17.4 Å². The largest absolute Gasteiger partial charge is 0.355 e. The quantitative estimate of drug-likeness (QED) is 0.623. The van der Waals surface area contributed by atoms with Crippen LogP contribution in [0.1, 0.15) is 39.4 Å². The summed E-state index contributed by atoms with van der Waals surface area (Å²) in [7, 11) is 0. The SMILES string of the molecule is Cc1cc(C)cc(C2(C(=O)NCCc3ccc(-c4csc(C)n4)s3)CC2)c1. The Morgan fingerprint density at radius 2 is 1.89 bits per heavy atom. The van der Waals surface area contributed by atoms with Crippen molar-refractivity contribution in [2.24, 2.45) is 0 Å². The van der Waals surface area contributed by atoms with Crippen LogP contribution in [0.3, 0.4) is 0 Å². The van der Waals surface area contributed by atoms with Gasteiger partial charge in [-0.2, -0.15) is 0 Å². The zero-order chi connectivity index (χ0) is 19.0. The van der Waals surface area contributed by atoms with Crippen LogP contribution >= 0.6 is 22.7 Å². The molecule has 2 heterocycles. The molecule has 0 unspecified atom stereocenters. The van der Waals surface area contributed by atoms with Crippen molar-refractivity contribution >= 4 is 28.6 Å². The maximum Gasteiger partial charge on any atom is 0.230 e. The molecule has 1 saturated carbocycles. The Bertz CT molecular complexity index is 962. The van der Waals surface area contributed by atoms with Gasteiger partial charge in [0.05, 0.1) is 21.0 Å². The highest BCUT2D eigenvalue weighted by atomic mass is 32.1. The maximum atomic E-state index is 12.9. The van der Waals surface area contributed by atoms with E-state index in [0.29, 0.717) is 6.54 Å².